The number of halogens is 1. The lowest BCUT2D eigenvalue weighted by atomic mass is 10.1. The van der Waals surface area contributed by atoms with Crippen molar-refractivity contribution in [1.29, 1.82) is 0 Å². The van der Waals surface area contributed by atoms with E-state index in [1.165, 1.54) is 12.5 Å². The standard InChI is InChI=1S/C10H11IO2/c1-8(12)13-7-10-5-3-2-4-9(10)6-11/h2-5H,6-7H2,1H3. The summed E-state index contributed by atoms with van der Waals surface area (Å²) in [5.74, 6) is -0.233. The maximum Gasteiger partial charge on any atom is 0.302 e. The van der Waals surface area contributed by atoms with E-state index in [1.807, 2.05) is 24.3 Å². The first-order chi connectivity index (χ1) is 6.24. The molecule has 3 heteroatoms. The van der Waals surface area contributed by atoms with E-state index in [9.17, 15) is 4.79 Å². The van der Waals surface area contributed by atoms with E-state index in [4.69, 9.17) is 4.74 Å². The van der Waals surface area contributed by atoms with Crippen molar-refractivity contribution < 1.29 is 9.53 Å². The van der Waals surface area contributed by atoms with Crippen molar-refractivity contribution in [3.05, 3.63) is 35.4 Å². The third-order valence-electron chi connectivity index (χ3n) is 1.69. The van der Waals surface area contributed by atoms with Crippen LogP contribution in [-0.4, -0.2) is 5.97 Å². The molecule has 0 atom stereocenters. The molecule has 0 saturated carbocycles. The van der Waals surface area contributed by atoms with E-state index in [-0.39, 0.29) is 5.97 Å². The number of benzene rings is 1. The van der Waals surface area contributed by atoms with Gasteiger partial charge in [-0.3, -0.25) is 4.79 Å². The topological polar surface area (TPSA) is 26.3 Å². The summed E-state index contributed by atoms with van der Waals surface area (Å²) in [7, 11) is 0. The molecular weight excluding hydrogens is 279 g/mol. The summed E-state index contributed by atoms with van der Waals surface area (Å²) in [6.45, 7) is 1.81. The quantitative estimate of drug-likeness (QED) is 0.486. The minimum atomic E-state index is -0.233. The molecule has 2 nitrogen and oxygen atoms in total. The van der Waals surface area contributed by atoms with Gasteiger partial charge in [-0.25, -0.2) is 0 Å². The summed E-state index contributed by atoms with van der Waals surface area (Å²) in [6.07, 6.45) is 0. The lowest BCUT2D eigenvalue weighted by Crippen LogP contribution is -2.00. The summed E-state index contributed by atoms with van der Waals surface area (Å²) in [6, 6.07) is 7.97. The molecule has 1 aromatic carbocycles. The van der Waals surface area contributed by atoms with E-state index in [1.54, 1.807) is 0 Å². The Labute approximate surface area is 91.4 Å². The fourth-order valence-electron chi connectivity index (χ4n) is 1.01. The Balaban J connectivity index is 2.69. The molecule has 0 amide bonds. The molecule has 0 radical (unpaired) electrons. The van der Waals surface area contributed by atoms with Gasteiger partial charge in [-0.1, -0.05) is 46.9 Å². The maximum absolute atomic E-state index is 10.6. The van der Waals surface area contributed by atoms with E-state index in [2.05, 4.69) is 22.6 Å². The van der Waals surface area contributed by atoms with Crippen molar-refractivity contribution in [1.82, 2.24) is 0 Å². The number of hydrogen-bond donors (Lipinski definition) is 0. The highest BCUT2D eigenvalue weighted by Gasteiger charge is 2.01. The monoisotopic (exact) mass is 290 g/mol. The molecule has 0 heterocycles. The molecule has 0 N–H and O–H groups in total. The van der Waals surface area contributed by atoms with E-state index in [0.29, 0.717) is 6.61 Å². The fourth-order valence-corrected chi connectivity index (χ4v) is 1.75. The molecule has 0 aromatic heterocycles. The first kappa shape index (κ1) is 10.5. The van der Waals surface area contributed by atoms with Crippen molar-refractivity contribution in [2.45, 2.75) is 18.0 Å². The highest BCUT2D eigenvalue weighted by atomic mass is 127. The highest BCUT2D eigenvalue weighted by Crippen LogP contribution is 2.13. The molecule has 0 fully saturated rings. The van der Waals surface area contributed by atoms with E-state index < -0.39 is 0 Å². The Hall–Kier alpha value is -0.580. The smallest absolute Gasteiger partial charge is 0.302 e. The molecule has 0 saturated heterocycles. The Kier molecular flexibility index (Phi) is 4.21. The van der Waals surface area contributed by atoms with Gasteiger partial charge in [-0.05, 0) is 11.1 Å². The van der Waals surface area contributed by atoms with E-state index in [0.717, 1.165) is 9.99 Å². The molecular formula is C10H11IO2. The van der Waals surface area contributed by atoms with Gasteiger partial charge in [-0.15, -0.1) is 0 Å². The predicted molar refractivity (Wildman–Crippen MR) is 59.6 cm³/mol. The molecule has 1 rings (SSSR count). The molecule has 13 heavy (non-hydrogen) atoms. The average molecular weight is 290 g/mol. The van der Waals surface area contributed by atoms with Gasteiger partial charge >= 0.3 is 5.97 Å². The fraction of sp³-hybridized carbons (Fsp3) is 0.300. The van der Waals surface area contributed by atoms with Crippen LogP contribution in [0.25, 0.3) is 0 Å². The van der Waals surface area contributed by atoms with Gasteiger partial charge in [0.25, 0.3) is 0 Å². The maximum atomic E-state index is 10.6. The first-order valence-electron chi connectivity index (χ1n) is 4.00. The van der Waals surface area contributed by atoms with Gasteiger partial charge in [-0.2, -0.15) is 0 Å². The van der Waals surface area contributed by atoms with Crippen molar-refractivity contribution in [3.63, 3.8) is 0 Å². The predicted octanol–water partition coefficient (Wildman–Crippen LogP) is 2.68. The minimum Gasteiger partial charge on any atom is -0.461 e. The van der Waals surface area contributed by atoms with Crippen LogP contribution in [0, 0.1) is 0 Å². The van der Waals surface area contributed by atoms with Crippen LogP contribution >= 0.6 is 22.6 Å². The van der Waals surface area contributed by atoms with Gasteiger partial charge < -0.3 is 4.74 Å². The van der Waals surface area contributed by atoms with Crippen molar-refractivity contribution in [2.75, 3.05) is 0 Å². The van der Waals surface area contributed by atoms with Crippen molar-refractivity contribution >= 4 is 28.6 Å². The molecule has 0 spiro atoms. The third kappa shape index (κ3) is 3.34. The average Bonchev–Trinajstić information content (AvgIpc) is 2.15. The van der Waals surface area contributed by atoms with Crippen molar-refractivity contribution in [3.8, 4) is 0 Å². The summed E-state index contributed by atoms with van der Waals surface area (Å²) in [5.41, 5.74) is 2.32. The van der Waals surface area contributed by atoms with Crippen LogP contribution in [-0.2, 0) is 20.6 Å². The molecule has 0 aliphatic heterocycles. The molecule has 70 valence electrons. The van der Waals surface area contributed by atoms with Crippen molar-refractivity contribution in [2.24, 2.45) is 0 Å². The van der Waals surface area contributed by atoms with Crippen LogP contribution in [0.2, 0.25) is 0 Å². The number of carbonyl (C=O) groups is 1. The lowest BCUT2D eigenvalue weighted by molar-refractivity contribution is -0.142. The third-order valence-corrected chi connectivity index (χ3v) is 2.52. The van der Waals surface area contributed by atoms with Gasteiger partial charge in [0.2, 0.25) is 0 Å². The van der Waals surface area contributed by atoms with Crippen LogP contribution in [0.4, 0.5) is 0 Å². The summed E-state index contributed by atoms with van der Waals surface area (Å²) in [4.78, 5) is 10.6. The molecule has 0 aliphatic rings. The number of hydrogen-bond acceptors (Lipinski definition) is 2. The van der Waals surface area contributed by atoms with Crippen LogP contribution in [0.5, 0.6) is 0 Å². The van der Waals surface area contributed by atoms with Crippen LogP contribution in [0.1, 0.15) is 18.1 Å². The van der Waals surface area contributed by atoms with E-state index >= 15 is 0 Å². The van der Waals surface area contributed by atoms with Crippen LogP contribution in [0.15, 0.2) is 24.3 Å². The number of esters is 1. The molecule has 1 aromatic rings. The summed E-state index contributed by atoms with van der Waals surface area (Å²) in [5, 5.41) is 0. The van der Waals surface area contributed by atoms with Crippen LogP contribution in [0.3, 0.4) is 0 Å². The molecule has 0 unspecified atom stereocenters. The minimum absolute atomic E-state index is 0.233. The molecule has 0 bridgehead atoms. The Morgan fingerprint density at radius 1 is 1.38 bits per heavy atom. The Morgan fingerprint density at radius 3 is 2.54 bits per heavy atom. The second-order valence-electron chi connectivity index (χ2n) is 2.68. The Morgan fingerprint density at radius 2 is 2.00 bits per heavy atom. The number of ether oxygens (including phenoxy) is 1. The van der Waals surface area contributed by atoms with Gasteiger partial charge in [0.1, 0.15) is 6.61 Å². The SMILES string of the molecule is CC(=O)OCc1ccccc1CI. The number of rotatable bonds is 3. The molecule has 0 aliphatic carbocycles. The van der Waals surface area contributed by atoms with Gasteiger partial charge in [0, 0.05) is 11.4 Å². The lowest BCUT2D eigenvalue weighted by Gasteiger charge is -2.06. The zero-order valence-corrected chi connectivity index (χ0v) is 9.58. The second-order valence-corrected chi connectivity index (χ2v) is 3.45. The Bertz CT molecular complexity index is 297. The largest absolute Gasteiger partial charge is 0.461 e. The van der Waals surface area contributed by atoms with Gasteiger partial charge in [0.05, 0.1) is 0 Å². The highest BCUT2D eigenvalue weighted by molar-refractivity contribution is 14.1. The number of carbonyl (C=O) groups excluding carboxylic acids is 1. The first-order valence-corrected chi connectivity index (χ1v) is 5.52. The van der Waals surface area contributed by atoms with Gasteiger partial charge in [0.15, 0.2) is 0 Å². The zero-order chi connectivity index (χ0) is 9.68. The normalized spacial score (nSPS) is 9.69. The zero-order valence-electron chi connectivity index (χ0n) is 7.42. The van der Waals surface area contributed by atoms with Crippen LogP contribution < -0.4 is 0 Å². The number of alkyl halides is 1. The summed E-state index contributed by atoms with van der Waals surface area (Å²) < 4.78 is 5.87. The second kappa shape index (κ2) is 5.21. The summed E-state index contributed by atoms with van der Waals surface area (Å²) >= 11 is 2.30.